The molecule has 1 fully saturated rings. The Balaban J connectivity index is 0.00000210. The number of nitrogens with one attached hydrogen (secondary N) is 1. The summed E-state index contributed by atoms with van der Waals surface area (Å²) in [6, 6.07) is 8.89. The Bertz CT molecular complexity index is 773. The van der Waals surface area contributed by atoms with Crippen LogP contribution in [0.25, 0.3) is 0 Å². The highest BCUT2D eigenvalue weighted by molar-refractivity contribution is 7.10. The molecule has 3 rings (SSSR count). The summed E-state index contributed by atoms with van der Waals surface area (Å²) >= 11 is 1.78. The zero-order chi connectivity index (χ0) is 19.8. The first kappa shape index (κ1) is 26.3. The molecule has 0 saturated carbocycles. The number of rotatable bonds is 3. The van der Waals surface area contributed by atoms with Gasteiger partial charge in [-0.05, 0) is 39.5 Å². The lowest BCUT2D eigenvalue weighted by Crippen LogP contribution is -2.45. The Morgan fingerprint density at radius 3 is 2.10 bits per heavy atom. The first-order valence-electron chi connectivity index (χ1n) is 9.95. The minimum absolute atomic E-state index is 0. The van der Waals surface area contributed by atoms with Crippen LogP contribution in [0.15, 0.2) is 29.6 Å². The van der Waals surface area contributed by atoms with E-state index in [4.69, 9.17) is 0 Å². The Kier molecular flexibility index (Phi) is 9.07. The molecule has 2 heterocycles. The Hall–Kier alpha value is -0.780. The molecule has 6 heteroatoms. The number of nitrogens with zero attached hydrogens (tertiary/aromatic N) is 1. The van der Waals surface area contributed by atoms with E-state index in [2.05, 4.69) is 81.4 Å². The third kappa shape index (κ3) is 5.89. The fourth-order valence-corrected chi connectivity index (χ4v) is 4.66. The molecular weight excluding hydrogens is 423 g/mol. The maximum absolute atomic E-state index is 11.4. The van der Waals surface area contributed by atoms with Crippen molar-refractivity contribution in [3.05, 3.63) is 51.2 Å². The van der Waals surface area contributed by atoms with Crippen molar-refractivity contribution in [3.63, 3.8) is 0 Å². The minimum atomic E-state index is -0.108. The van der Waals surface area contributed by atoms with Gasteiger partial charge in [0.25, 0.3) is 0 Å². The summed E-state index contributed by atoms with van der Waals surface area (Å²) in [5.41, 5.74) is 3.31. The predicted octanol–water partition coefficient (Wildman–Crippen LogP) is 5.89. The van der Waals surface area contributed by atoms with Crippen LogP contribution in [0.1, 0.15) is 69.2 Å². The van der Waals surface area contributed by atoms with Gasteiger partial charge in [0.1, 0.15) is 5.75 Å². The van der Waals surface area contributed by atoms with Crippen LogP contribution in [0.2, 0.25) is 0 Å². The fraction of sp³-hybridized carbons (Fsp3) is 0.565. The molecule has 3 nitrogen and oxygen atoms in total. The van der Waals surface area contributed by atoms with Crippen molar-refractivity contribution in [1.82, 2.24) is 10.2 Å². The summed E-state index contributed by atoms with van der Waals surface area (Å²) in [4.78, 5) is 3.81. The Morgan fingerprint density at radius 2 is 1.62 bits per heavy atom. The summed E-state index contributed by atoms with van der Waals surface area (Å²) in [5.74, 6) is 0.465. The van der Waals surface area contributed by atoms with Gasteiger partial charge < -0.3 is 10.4 Å². The first-order chi connectivity index (χ1) is 12.6. The van der Waals surface area contributed by atoms with E-state index in [1.807, 2.05) is 0 Å². The molecule has 1 atom stereocenters. The second-order valence-corrected chi connectivity index (χ2v) is 10.6. The molecule has 29 heavy (non-hydrogen) atoms. The summed E-state index contributed by atoms with van der Waals surface area (Å²) in [6.45, 7) is 17.3. The molecule has 1 aromatic heterocycles. The first-order valence-corrected chi connectivity index (χ1v) is 10.8. The highest BCUT2D eigenvalue weighted by atomic mass is 35.5. The highest BCUT2D eigenvalue weighted by Crippen LogP contribution is 2.44. The number of hydrogen-bond acceptors (Lipinski definition) is 4. The number of piperazine rings is 1. The average molecular weight is 460 g/mol. The summed E-state index contributed by atoms with van der Waals surface area (Å²) in [6.07, 6.45) is 0. The number of halogens is 2. The molecule has 2 aromatic rings. The number of phenolic OH excluding ortho intramolecular Hbond substituents is 1. The van der Waals surface area contributed by atoms with E-state index >= 15 is 0 Å². The maximum Gasteiger partial charge on any atom is 0.124 e. The largest absolute Gasteiger partial charge is 0.507 e. The SMILES string of the molecule is CC(C)(C)c1cc([C@H](c2cccs2)N2CCNCC2)c(O)c(C(C)(C)C)c1.Cl.Cl. The smallest absolute Gasteiger partial charge is 0.124 e. The minimum Gasteiger partial charge on any atom is -0.507 e. The van der Waals surface area contributed by atoms with Crippen molar-refractivity contribution < 1.29 is 5.11 Å². The quantitative estimate of drug-likeness (QED) is 0.601. The molecular formula is C23H36Cl2N2OS. The molecule has 0 unspecified atom stereocenters. The van der Waals surface area contributed by atoms with Crippen LogP contribution in [0.4, 0.5) is 0 Å². The Morgan fingerprint density at radius 1 is 1.00 bits per heavy atom. The average Bonchev–Trinajstić information content (AvgIpc) is 3.09. The molecule has 0 radical (unpaired) electrons. The second-order valence-electron chi connectivity index (χ2n) is 9.67. The van der Waals surface area contributed by atoms with Gasteiger partial charge in [0.15, 0.2) is 0 Å². The molecule has 0 spiro atoms. The van der Waals surface area contributed by atoms with Gasteiger partial charge in [-0.2, -0.15) is 0 Å². The molecule has 1 aromatic carbocycles. The second kappa shape index (κ2) is 10.0. The van der Waals surface area contributed by atoms with Gasteiger partial charge in [0.2, 0.25) is 0 Å². The van der Waals surface area contributed by atoms with Crippen molar-refractivity contribution in [3.8, 4) is 5.75 Å². The van der Waals surface area contributed by atoms with E-state index in [9.17, 15) is 5.11 Å². The van der Waals surface area contributed by atoms with Crippen molar-refractivity contribution in [2.75, 3.05) is 26.2 Å². The van der Waals surface area contributed by atoms with E-state index in [1.165, 1.54) is 10.4 Å². The summed E-state index contributed by atoms with van der Waals surface area (Å²) < 4.78 is 0. The van der Waals surface area contributed by atoms with Gasteiger partial charge in [0.05, 0.1) is 6.04 Å². The van der Waals surface area contributed by atoms with Crippen LogP contribution < -0.4 is 5.32 Å². The van der Waals surface area contributed by atoms with Crippen LogP contribution in [0.5, 0.6) is 5.75 Å². The number of phenols is 1. The molecule has 2 N–H and O–H groups in total. The highest BCUT2D eigenvalue weighted by Gasteiger charge is 2.32. The van der Waals surface area contributed by atoms with Crippen LogP contribution in [0.3, 0.4) is 0 Å². The molecule has 1 saturated heterocycles. The fourth-order valence-electron chi connectivity index (χ4n) is 3.79. The third-order valence-corrected chi connectivity index (χ3v) is 6.36. The van der Waals surface area contributed by atoms with E-state index in [0.717, 1.165) is 37.3 Å². The van der Waals surface area contributed by atoms with Gasteiger partial charge in [0, 0.05) is 36.6 Å². The maximum atomic E-state index is 11.4. The van der Waals surface area contributed by atoms with Gasteiger partial charge in [-0.3, -0.25) is 4.90 Å². The lowest BCUT2D eigenvalue weighted by atomic mass is 9.78. The molecule has 0 aliphatic carbocycles. The van der Waals surface area contributed by atoms with Gasteiger partial charge in [-0.1, -0.05) is 53.7 Å². The monoisotopic (exact) mass is 458 g/mol. The lowest BCUT2D eigenvalue weighted by molar-refractivity contribution is 0.197. The van der Waals surface area contributed by atoms with Crippen molar-refractivity contribution >= 4 is 36.2 Å². The van der Waals surface area contributed by atoms with Crippen LogP contribution >= 0.6 is 36.2 Å². The predicted molar refractivity (Wildman–Crippen MR) is 131 cm³/mol. The van der Waals surface area contributed by atoms with Crippen molar-refractivity contribution in [2.24, 2.45) is 0 Å². The molecule has 1 aliphatic heterocycles. The van der Waals surface area contributed by atoms with Crippen molar-refractivity contribution in [2.45, 2.75) is 58.4 Å². The van der Waals surface area contributed by atoms with Crippen LogP contribution in [-0.4, -0.2) is 36.2 Å². The molecule has 0 amide bonds. The number of benzene rings is 1. The van der Waals surface area contributed by atoms with Gasteiger partial charge in [-0.15, -0.1) is 36.2 Å². The third-order valence-electron chi connectivity index (χ3n) is 5.44. The molecule has 164 valence electrons. The van der Waals surface area contributed by atoms with Gasteiger partial charge in [-0.25, -0.2) is 0 Å². The lowest BCUT2D eigenvalue weighted by Gasteiger charge is -2.37. The normalized spacial score (nSPS) is 16.6. The number of hydrogen-bond donors (Lipinski definition) is 2. The Labute approximate surface area is 192 Å². The topological polar surface area (TPSA) is 35.5 Å². The van der Waals surface area contributed by atoms with Crippen LogP contribution in [-0.2, 0) is 10.8 Å². The zero-order valence-corrected chi connectivity index (χ0v) is 20.9. The van der Waals surface area contributed by atoms with Crippen LogP contribution in [0, 0.1) is 0 Å². The number of thiophene rings is 1. The molecule has 1 aliphatic rings. The standard InChI is InChI=1S/C23H34N2OS.2ClH/c1-22(2,3)16-14-17(21(26)18(15-16)23(4,5)6)20(19-8-7-13-27-19)25-11-9-24-10-12-25;;/h7-8,13-15,20,24,26H,9-12H2,1-6H3;2*1H/t20-;;/m1../s1. The van der Waals surface area contributed by atoms with E-state index in [-0.39, 0.29) is 41.7 Å². The van der Waals surface area contributed by atoms with Crippen molar-refractivity contribution in [1.29, 1.82) is 0 Å². The van der Waals surface area contributed by atoms with E-state index < -0.39 is 0 Å². The molecule has 0 bridgehead atoms. The van der Waals surface area contributed by atoms with E-state index in [1.54, 1.807) is 11.3 Å². The zero-order valence-electron chi connectivity index (χ0n) is 18.4. The summed E-state index contributed by atoms with van der Waals surface area (Å²) in [7, 11) is 0. The number of aromatic hydroxyl groups is 1. The summed E-state index contributed by atoms with van der Waals surface area (Å²) in [5, 5.41) is 17.0. The van der Waals surface area contributed by atoms with Gasteiger partial charge >= 0.3 is 0 Å². The van der Waals surface area contributed by atoms with E-state index in [0.29, 0.717) is 5.75 Å².